The molecule has 0 amide bonds. The minimum atomic E-state index is -0.784. The van der Waals surface area contributed by atoms with Gasteiger partial charge >= 0.3 is 0 Å². The summed E-state index contributed by atoms with van der Waals surface area (Å²) >= 11 is 50.4. The standard InChI is InChI=1S/C10H10Cl8/c11-1-9(8(17)18)3-4(13)6(15)10(9,2-12)7(16)5(3)14/h3-8H,1-2H2/t3?,4-,5-,6+,7+,9+,10?/m1/s1. The number of alkyl halides is 8. The maximum absolute atomic E-state index is 6.45. The summed E-state index contributed by atoms with van der Waals surface area (Å²) in [6.07, 6.45) is 0. The molecule has 0 saturated heterocycles. The summed E-state index contributed by atoms with van der Waals surface area (Å²) in [5.41, 5.74) is -1.53. The Labute approximate surface area is 146 Å². The van der Waals surface area contributed by atoms with Crippen LogP contribution in [0.4, 0.5) is 0 Å². The number of halogens is 8. The Morgan fingerprint density at radius 2 is 1.28 bits per heavy atom. The van der Waals surface area contributed by atoms with Gasteiger partial charge in [0.05, 0.1) is 21.5 Å². The molecule has 2 saturated carbocycles. The van der Waals surface area contributed by atoms with Gasteiger partial charge in [-0.3, -0.25) is 0 Å². The van der Waals surface area contributed by atoms with Crippen LogP contribution in [0.3, 0.4) is 0 Å². The van der Waals surface area contributed by atoms with Gasteiger partial charge in [0.25, 0.3) is 0 Å². The first kappa shape index (κ1) is 16.7. The van der Waals surface area contributed by atoms with Crippen LogP contribution < -0.4 is 0 Å². The summed E-state index contributed by atoms with van der Waals surface area (Å²) in [5.74, 6) is 0.0732. The monoisotopic (exact) mass is 410 g/mol. The van der Waals surface area contributed by atoms with Gasteiger partial charge in [0.15, 0.2) is 0 Å². The average Bonchev–Trinajstić information content (AvgIpc) is 2.66. The average molecular weight is 414 g/mol. The Kier molecular flexibility index (Phi) is 5.10. The number of hydrogen-bond donors (Lipinski definition) is 0. The summed E-state index contributed by atoms with van der Waals surface area (Å²) < 4.78 is 0. The first-order chi connectivity index (χ1) is 8.32. The molecule has 0 aromatic heterocycles. The van der Waals surface area contributed by atoms with Crippen LogP contribution in [0.15, 0.2) is 0 Å². The molecule has 0 radical (unpaired) electrons. The minimum Gasteiger partial charge on any atom is -0.126 e. The lowest BCUT2D eigenvalue weighted by Crippen LogP contribution is -2.52. The Balaban J connectivity index is 2.66. The quantitative estimate of drug-likeness (QED) is 0.550. The van der Waals surface area contributed by atoms with E-state index >= 15 is 0 Å². The second-order valence-corrected chi connectivity index (χ2v) is 8.45. The maximum Gasteiger partial charge on any atom is 0.115 e. The van der Waals surface area contributed by atoms with Crippen LogP contribution in [-0.4, -0.2) is 38.1 Å². The van der Waals surface area contributed by atoms with Crippen LogP contribution >= 0.6 is 92.8 Å². The van der Waals surface area contributed by atoms with Gasteiger partial charge in [-0.1, -0.05) is 0 Å². The first-order valence-corrected chi connectivity index (χ1v) is 8.98. The summed E-state index contributed by atoms with van der Waals surface area (Å²) in [7, 11) is 0. The predicted octanol–water partition coefficient (Wildman–Crippen LogP) is 5.31. The molecule has 2 aliphatic carbocycles. The third kappa shape index (κ3) is 1.67. The predicted molar refractivity (Wildman–Crippen MR) is 83.9 cm³/mol. The van der Waals surface area contributed by atoms with E-state index in [4.69, 9.17) is 92.8 Å². The van der Waals surface area contributed by atoms with E-state index in [1.54, 1.807) is 0 Å². The molecular weight excluding hydrogens is 404 g/mol. The van der Waals surface area contributed by atoms with Crippen molar-refractivity contribution in [2.24, 2.45) is 16.7 Å². The van der Waals surface area contributed by atoms with Gasteiger partial charge in [-0.2, -0.15) is 0 Å². The van der Waals surface area contributed by atoms with Crippen molar-refractivity contribution in [3.05, 3.63) is 0 Å². The molecule has 2 fully saturated rings. The normalized spacial score (nSPS) is 55.5. The van der Waals surface area contributed by atoms with Crippen molar-refractivity contribution in [3.63, 3.8) is 0 Å². The second-order valence-electron chi connectivity index (χ2n) is 4.87. The van der Waals surface area contributed by atoms with Gasteiger partial charge in [0.1, 0.15) is 4.84 Å². The lowest BCUT2D eigenvalue weighted by molar-refractivity contribution is 0.158. The summed E-state index contributed by atoms with van der Waals surface area (Å²) in [4.78, 5) is -0.784. The van der Waals surface area contributed by atoms with E-state index in [2.05, 4.69) is 0 Å². The summed E-state index contributed by atoms with van der Waals surface area (Å²) in [6, 6.07) is 0. The van der Waals surface area contributed by atoms with Crippen molar-refractivity contribution in [1.82, 2.24) is 0 Å². The fourth-order valence-corrected chi connectivity index (χ4v) is 8.37. The van der Waals surface area contributed by atoms with E-state index in [1.165, 1.54) is 0 Å². The Hall–Kier alpha value is 2.32. The fourth-order valence-electron chi connectivity index (χ4n) is 3.54. The Morgan fingerprint density at radius 3 is 1.50 bits per heavy atom. The number of hydrogen-bond acceptors (Lipinski definition) is 0. The van der Waals surface area contributed by atoms with Crippen molar-refractivity contribution in [2.75, 3.05) is 11.8 Å². The highest BCUT2D eigenvalue weighted by Crippen LogP contribution is 2.74. The van der Waals surface area contributed by atoms with Gasteiger partial charge in [-0.15, -0.1) is 92.8 Å². The molecule has 0 spiro atoms. The summed E-state index contributed by atoms with van der Waals surface area (Å²) in [6.45, 7) is 0. The van der Waals surface area contributed by atoms with Crippen LogP contribution in [0.5, 0.6) is 0 Å². The fraction of sp³-hybridized carbons (Fsp3) is 1.00. The largest absolute Gasteiger partial charge is 0.126 e. The van der Waals surface area contributed by atoms with Crippen LogP contribution in [0, 0.1) is 16.7 Å². The Bertz CT molecular complexity index is 314. The third-order valence-corrected chi connectivity index (χ3v) is 8.81. The zero-order valence-corrected chi connectivity index (χ0v) is 14.9. The molecule has 0 aromatic rings. The van der Waals surface area contributed by atoms with Crippen LogP contribution in [0.2, 0.25) is 0 Å². The lowest BCUT2D eigenvalue weighted by Gasteiger charge is -2.45. The number of fused-ring (bicyclic) bond motifs is 2. The Morgan fingerprint density at radius 1 is 0.833 bits per heavy atom. The minimum absolute atomic E-state index is 0.168. The molecule has 2 bridgehead atoms. The molecule has 18 heavy (non-hydrogen) atoms. The van der Waals surface area contributed by atoms with Gasteiger partial charge in [-0.05, 0) is 0 Å². The molecule has 5 atom stereocenters. The zero-order valence-electron chi connectivity index (χ0n) is 8.90. The molecule has 0 aromatic carbocycles. The van der Waals surface area contributed by atoms with Crippen LogP contribution in [0.1, 0.15) is 0 Å². The van der Waals surface area contributed by atoms with Gasteiger partial charge in [0.2, 0.25) is 0 Å². The zero-order chi connectivity index (χ0) is 13.9. The third-order valence-electron chi connectivity index (χ3n) is 4.52. The first-order valence-electron chi connectivity index (χ1n) is 5.29. The maximum atomic E-state index is 6.45. The van der Waals surface area contributed by atoms with E-state index in [1.807, 2.05) is 0 Å². The molecule has 106 valence electrons. The molecule has 0 aliphatic heterocycles. The molecule has 0 heterocycles. The van der Waals surface area contributed by atoms with E-state index < -0.39 is 37.2 Å². The highest BCUT2D eigenvalue weighted by molar-refractivity contribution is 6.46. The molecular formula is C10H10Cl8. The smallest absolute Gasteiger partial charge is 0.115 e. The van der Waals surface area contributed by atoms with Crippen molar-refractivity contribution < 1.29 is 0 Å². The molecule has 0 nitrogen and oxygen atoms in total. The molecule has 0 N–H and O–H groups in total. The summed E-state index contributed by atoms with van der Waals surface area (Å²) in [5, 5.41) is -1.72. The highest BCUT2D eigenvalue weighted by atomic mass is 35.5. The van der Waals surface area contributed by atoms with Gasteiger partial charge in [0, 0.05) is 28.5 Å². The van der Waals surface area contributed by atoms with E-state index in [-0.39, 0.29) is 17.7 Å². The highest BCUT2D eigenvalue weighted by Gasteiger charge is 2.79. The van der Waals surface area contributed by atoms with Gasteiger partial charge < -0.3 is 0 Å². The van der Waals surface area contributed by atoms with Gasteiger partial charge in [-0.25, -0.2) is 0 Å². The van der Waals surface area contributed by atoms with Crippen molar-refractivity contribution in [3.8, 4) is 0 Å². The molecule has 2 aliphatic rings. The van der Waals surface area contributed by atoms with E-state index in [0.29, 0.717) is 0 Å². The molecule has 0 unspecified atom stereocenters. The topological polar surface area (TPSA) is 0 Å². The van der Waals surface area contributed by atoms with E-state index in [0.717, 1.165) is 0 Å². The van der Waals surface area contributed by atoms with Crippen molar-refractivity contribution >= 4 is 92.8 Å². The van der Waals surface area contributed by atoms with E-state index in [9.17, 15) is 0 Å². The molecule has 8 heteroatoms. The number of rotatable bonds is 3. The lowest BCUT2D eigenvalue weighted by atomic mass is 9.70. The van der Waals surface area contributed by atoms with Crippen LogP contribution in [0.25, 0.3) is 0 Å². The van der Waals surface area contributed by atoms with Crippen molar-refractivity contribution in [2.45, 2.75) is 26.3 Å². The van der Waals surface area contributed by atoms with Crippen molar-refractivity contribution in [1.29, 1.82) is 0 Å². The molecule has 2 rings (SSSR count). The van der Waals surface area contributed by atoms with Crippen LogP contribution in [-0.2, 0) is 0 Å². The second kappa shape index (κ2) is 5.51. The SMILES string of the molecule is ClCC12[C@@H](Cl)[C@H](Cl)C([C@@H](Cl)[C@@H]1Cl)[C@@]2(CCl)C(Cl)Cl.